The molecule has 0 bridgehead atoms. The number of carbonyl (C=O) groups excluding carboxylic acids is 2. The summed E-state index contributed by atoms with van der Waals surface area (Å²) in [6, 6.07) is 12.5. The van der Waals surface area contributed by atoms with Gasteiger partial charge in [0.2, 0.25) is 5.91 Å². The Morgan fingerprint density at radius 3 is 2.80 bits per heavy atom. The maximum absolute atomic E-state index is 13.4. The summed E-state index contributed by atoms with van der Waals surface area (Å²) in [4.78, 5) is 29.4. The van der Waals surface area contributed by atoms with Gasteiger partial charge in [-0.1, -0.05) is 30.3 Å². The molecule has 30 heavy (non-hydrogen) atoms. The molecule has 0 saturated carbocycles. The minimum absolute atomic E-state index is 0.0401. The summed E-state index contributed by atoms with van der Waals surface area (Å²) in [7, 11) is 0. The molecule has 2 atom stereocenters. The van der Waals surface area contributed by atoms with Crippen LogP contribution in [0, 0.1) is 5.41 Å². The number of hydrogen-bond acceptors (Lipinski definition) is 4. The molecular weight excluding hydrogens is 396 g/mol. The third kappa shape index (κ3) is 4.30. The van der Waals surface area contributed by atoms with Crippen molar-refractivity contribution in [2.24, 2.45) is 5.41 Å². The zero-order valence-electron chi connectivity index (χ0n) is 17.7. The van der Waals surface area contributed by atoms with Gasteiger partial charge in [-0.2, -0.15) is 0 Å². The van der Waals surface area contributed by atoms with Gasteiger partial charge in [-0.3, -0.25) is 9.59 Å². The maximum atomic E-state index is 13.4. The van der Waals surface area contributed by atoms with Crippen molar-refractivity contribution >= 4 is 23.2 Å². The predicted molar refractivity (Wildman–Crippen MR) is 119 cm³/mol. The van der Waals surface area contributed by atoms with Crippen LogP contribution in [0.5, 0.6) is 0 Å². The van der Waals surface area contributed by atoms with Crippen LogP contribution < -0.4 is 5.32 Å². The molecule has 4 rings (SSSR count). The lowest BCUT2D eigenvalue weighted by atomic mass is 9.78. The lowest BCUT2D eigenvalue weighted by Crippen LogP contribution is -2.48. The first-order valence-electron chi connectivity index (χ1n) is 10.8. The molecule has 0 unspecified atom stereocenters. The second-order valence-electron chi connectivity index (χ2n) is 8.73. The van der Waals surface area contributed by atoms with Crippen molar-refractivity contribution < 1.29 is 14.3 Å². The zero-order valence-corrected chi connectivity index (χ0v) is 18.5. The normalized spacial score (nSPS) is 23.8. The fraction of sp³-hybridized carbons (Fsp3) is 0.500. The molecule has 2 aromatic rings. The smallest absolute Gasteiger partial charge is 0.251 e. The number of benzene rings is 1. The molecule has 2 amide bonds. The highest BCUT2D eigenvalue weighted by atomic mass is 32.1. The van der Waals surface area contributed by atoms with Crippen molar-refractivity contribution in [3.63, 3.8) is 0 Å². The van der Waals surface area contributed by atoms with E-state index in [1.165, 1.54) is 10.4 Å². The van der Waals surface area contributed by atoms with Crippen LogP contribution in [0.2, 0.25) is 0 Å². The van der Waals surface area contributed by atoms with Crippen LogP contribution in [0.4, 0.5) is 0 Å². The number of hydrogen-bond donors (Lipinski definition) is 1. The summed E-state index contributed by atoms with van der Waals surface area (Å²) >= 11 is 1.71. The van der Waals surface area contributed by atoms with Crippen molar-refractivity contribution in [3.8, 4) is 10.4 Å². The Bertz CT molecular complexity index is 890. The molecule has 2 saturated heterocycles. The van der Waals surface area contributed by atoms with Crippen molar-refractivity contribution in [2.75, 3.05) is 19.7 Å². The highest BCUT2D eigenvalue weighted by Crippen LogP contribution is 2.39. The van der Waals surface area contributed by atoms with E-state index in [0.29, 0.717) is 32.5 Å². The Kier molecular flexibility index (Phi) is 6.25. The van der Waals surface area contributed by atoms with Gasteiger partial charge in [0.15, 0.2) is 0 Å². The molecule has 1 aromatic heterocycles. The number of amides is 2. The van der Waals surface area contributed by atoms with Gasteiger partial charge in [0, 0.05) is 30.6 Å². The second kappa shape index (κ2) is 8.90. The second-order valence-corrected chi connectivity index (χ2v) is 9.68. The van der Waals surface area contributed by atoms with Crippen LogP contribution in [0.3, 0.4) is 0 Å². The molecule has 1 aromatic carbocycles. The molecule has 2 aliphatic rings. The van der Waals surface area contributed by atoms with Gasteiger partial charge in [0.05, 0.1) is 5.41 Å². The maximum Gasteiger partial charge on any atom is 0.251 e. The molecule has 0 aliphatic carbocycles. The van der Waals surface area contributed by atoms with E-state index in [0.717, 1.165) is 18.4 Å². The van der Waals surface area contributed by atoms with Crippen LogP contribution in [-0.2, 0) is 20.7 Å². The van der Waals surface area contributed by atoms with Gasteiger partial charge in [-0.05, 0) is 62.1 Å². The van der Waals surface area contributed by atoms with Gasteiger partial charge < -0.3 is 15.0 Å². The van der Waals surface area contributed by atoms with E-state index in [1.807, 2.05) is 30.9 Å². The fourth-order valence-corrected chi connectivity index (χ4v) is 5.36. The van der Waals surface area contributed by atoms with Crippen LogP contribution in [-0.4, -0.2) is 48.6 Å². The topological polar surface area (TPSA) is 58.6 Å². The summed E-state index contributed by atoms with van der Waals surface area (Å²) in [5, 5.41) is 5.20. The molecule has 5 nitrogen and oxygen atoms in total. The average Bonchev–Trinajstić information content (AvgIpc) is 3.49. The molecule has 2 aliphatic heterocycles. The summed E-state index contributed by atoms with van der Waals surface area (Å²) in [5.74, 6) is 0.0828. The molecule has 160 valence electrons. The van der Waals surface area contributed by atoms with Crippen molar-refractivity contribution in [3.05, 3.63) is 47.3 Å². The number of ether oxygens (including phenoxy) is 1. The van der Waals surface area contributed by atoms with E-state index < -0.39 is 5.41 Å². The van der Waals surface area contributed by atoms with Crippen LogP contribution in [0.15, 0.2) is 41.8 Å². The van der Waals surface area contributed by atoms with E-state index in [2.05, 4.69) is 35.0 Å². The van der Waals surface area contributed by atoms with E-state index >= 15 is 0 Å². The highest BCUT2D eigenvalue weighted by Gasteiger charge is 2.47. The molecule has 6 heteroatoms. The first-order chi connectivity index (χ1) is 14.5. The highest BCUT2D eigenvalue weighted by molar-refractivity contribution is 7.13. The molecule has 2 fully saturated rings. The predicted octanol–water partition coefficient (Wildman–Crippen LogP) is 3.88. The number of thiophene rings is 1. The number of nitrogens with one attached hydrogen (secondary N) is 1. The molecule has 1 N–H and O–H groups in total. The molecule has 3 heterocycles. The Morgan fingerprint density at radius 1 is 1.27 bits per heavy atom. The molecular formula is C24H30N2O3S. The van der Waals surface area contributed by atoms with E-state index in [9.17, 15) is 9.59 Å². The van der Waals surface area contributed by atoms with Gasteiger partial charge >= 0.3 is 0 Å². The summed E-state index contributed by atoms with van der Waals surface area (Å²) < 4.78 is 5.62. The van der Waals surface area contributed by atoms with Gasteiger partial charge in [-0.15, -0.1) is 11.3 Å². The number of likely N-dealkylation sites (tertiary alicyclic amines) is 1. The Hall–Kier alpha value is -2.18. The number of nitrogens with zero attached hydrogens (tertiary/aromatic N) is 1. The number of rotatable bonds is 6. The third-order valence-corrected chi connectivity index (χ3v) is 7.01. The zero-order chi connectivity index (χ0) is 21.1. The summed E-state index contributed by atoms with van der Waals surface area (Å²) in [5.41, 5.74) is 1.71. The Labute approximate surface area is 182 Å². The summed E-state index contributed by atoms with van der Waals surface area (Å²) in [6.45, 7) is 5.66. The summed E-state index contributed by atoms with van der Waals surface area (Å²) in [6.07, 6.45) is 2.66. The first-order valence-corrected chi connectivity index (χ1v) is 11.7. The Balaban J connectivity index is 1.62. The van der Waals surface area contributed by atoms with Crippen molar-refractivity contribution in [2.45, 2.75) is 51.7 Å². The van der Waals surface area contributed by atoms with Gasteiger partial charge in [0.25, 0.3) is 5.91 Å². The Morgan fingerprint density at radius 2 is 2.10 bits per heavy atom. The molecule has 0 spiro atoms. The number of carbonyl (C=O) groups is 2. The van der Waals surface area contributed by atoms with Crippen molar-refractivity contribution in [1.82, 2.24) is 10.2 Å². The van der Waals surface area contributed by atoms with E-state index in [4.69, 9.17) is 4.74 Å². The van der Waals surface area contributed by atoms with Crippen LogP contribution in [0.1, 0.15) is 38.7 Å². The largest absolute Gasteiger partial charge is 0.368 e. The van der Waals surface area contributed by atoms with Crippen molar-refractivity contribution in [1.29, 1.82) is 0 Å². The lowest BCUT2D eigenvalue weighted by molar-refractivity contribution is -0.141. The van der Waals surface area contributed by atoms with Crippen LogP contribution >= 0.6 is 11.3 Å². The van der Waals surface area contributed by atoms with E-state index in [1.54, 1.807) is 11.3 Å². The van der Waals surface area contributed by atoms with E-state index in [-0.39, 0.29) is 24.0 Å². The minimum atomic E-state index is -0.619. The standard InChI is InChI=1S/C24H30N2O3S/c1-17(2)25-23(28)24(11-12-26(16-24)22(27)20-9-5-13-29-20)15-18-7-3-4-8-19(18)21-10-6-14-30-21/h3-4,6-8,10,14,17,20H,5,9,11-13,15-16H2,1-2H3,(H,25,28)/t20-,24+/m1/s1. The SMILES string of the molecule is CC(C)NC(=O)[C@]1(Cc2ccccc2-c2cccs2)CCN(C(=O)[C@H]2CCCO2)C1. The third-order valence-electron chi connectivity index (χ3n) is 6.10. The minimum Gasteiger partial charge on any atom is -0.368 e. The monoisotopic (exact) mass is 426 g/mol. The average molecular weight is 427 g/mol. The van der Waals surface area contributed by atoms with Gasteiger partial charge in [-0.25, -0.2) is 0 Å². The lowest BCUT2D eigenvalue weighted by Gasteiger charge is -2.30. The molecule has 0 radical (unpaired) electrons. The fourth-order valence-electron chi connectivity index (χ4n) is 4.57. The quantitative estimate of drug-likeness (QED) is 0.763. The van der Waals surface area contributed by atoms with Gasteiger partial charge in [0.1, 0.15) is 6.10 Å². The first kappa shape index (κ1) is 21.1. The van der Waals surface area contributed by atoms with Crippen LogP contribution in [0.25, 0.3) is 10.4 Å².